The van der Waals surface area contributed by atoms with E-state index in [1.54, 1.807) is 12.0 Å². The molecule has 6 nitrogen and oxygen atoms in total. The second kappa shape index (κ2) is 12.0. The topological polar surface area (TPSA) is 67.9 Å². The van der Waals surface area contributed by atoms with Crippen molar-refractivity contribution in [2.45, 2.75) is 45.9 Å². The molecule has 0 aromatic heterocycles. The number of ether oxygens (including phenoxy) is 2. The van der Waals surface area contributed by atoms with Gasteiger partial charge in [-0.05, 0) is 43.5 Å². The second-order valence-corrected chi connectivity index (χ2v) is 7.37. The SMILES string of the molecule is COc1ccc(CN(C(C)=O)[C@@H](C(=O)NCCCOC(C)C)c2ccccc2)cc1. The van der Waals surface area contributed by atoms with Gasteiger partial charge in [0.2, 0.25) is 11.8 Å². The Hall–Kier alpha value is -2.86. The predicted octanol–water partition coefficient (Wildman–Crippen LogP) is 3.72. The van der Waals surface area contributed by atoms with Gasteiger partial charge in [-0.2, -0.15) is 0 Å². The Morgan fingerprint density at radius 3 is 2.27 bits per heavy atom. The summed E-state index contributed by atoms with van der Waals surface area (Å²) in [5, 5.41) is 2.96. The minimum Gasteiger partial charge on any atom is -0.497 e. The van der Waals surface area contributed by atoms with Crippen molar-refractivity contribution in [2.75, 3.05) is 20.3 Å². The first-order valence-corrected chi connectivity index (χ1v) is 10.3. The van der Waals surface area contributed by atoms with Gasteiger partial charge in [-0.3, -0.25) is 9.59 Å². The van der Waals surface area contributed by atoms with E-state index in [-0.39, 0.29) is 17.9 Å². The van der Waals surface area contributed by atoms with E-state index in [0.29, 0.717) is 26.1 Å². The number of benzene rings is 2. The number of nitrogens with zero attached hydrogens (tertiary/aromatic N) is 1. The fourth-order valence-corrected chi connectivity index (χ4v) is 3.12. The van der Waals surface area contributed by atoms with E-state index in [1.165, 1.54) is 6.92 Å². The van der Waals surface area contributed by atoms with Crippen molar-refractivity contribution >= 4 is 11.8 Å². The number of nitrogens with one attached hydrogen (secondary N) is 1. The Morgan fingerprint density at radius 1 is 1.03 bits per heavy atom. The van der Waals surface area contributed by atoms with Gasteiger partial charge in [-0.25, -0.2) is 0 Å². The van der Waals surface area contributed by atoms with E-state index in [9.17, 15) is 9.59 Å². The summed E-state index contributed by atoms with van der Waals surface area (Å²) in [5.41, 5.74) is 1.70. The molecule has 30 heavy (non-hydrogen) atoms. The highest BCUT2D eigenvalue weighted by atomic mass is 16.5. The fourth-order valence-electron chi connectivity index (χ4n) is 3.12. The van der Waals surface area contributed by atoms with E-state index in [2.05, 4.69) is 5.32 Å². The minimum atomic E-state index is -0.711. The highest BCUT2D eigenvalue weighted by Crippen LogP contribution is 2.24. The molecule has 2 aromatic carbocycles. The van der Waals surface area contributed by atoms with Crippen LogP contribution in [0.2, 0.25) is 0 Å². The number of carbonyl (C=O) groups excluding carboxylic acids is 2. The van der Waals surface area contributed by atoms with Gasteiger partial charge < -0.3 is 19.7 Å². The van der Waals surface area contributed by atoms with Crippen LogP contribution in [0.1, 0.15) is 44.4 Å². The third kappa shape index (κ3) is 7.19. The number of hydrogen-bond acceptors (Lipinski definition) is 4. The second-order valence-electron chi connectivity index (χ2n) is 7.37. The highest BCUT2D eigenvalue weighted by Gasteiger charge is 2.29. The molecule has 0 aliphatic carbocycles. The average Bonchev–Trinajstić information content (AvgIpc) is 2.74. The van der Waals surface area contributed by atoms with Crippen molar-refractivity contribution in [3.63, 3.8) is 0 Å². The van der Waals surface area contributed by atoms with Crippen molar-refractivity contribution in [1.29, 1.82) is 0 Å². The third-order valence-electron chi connectivity index (χ3n) is 4.66. The molecule has 2 amide bonds. The lowest BCUT2D eigenvalue weighted by Crippen LogP contribution is -2.43. The van der Waals surface area contributed by atoms with Gasteiger partial charge in [0.05, 0.1) is 13.2 Å². The van der Waals surface area contributed by atoms with E-state index in [0.717, 1.165) is 16.9 Å². The molecule has 0 bridgehead atoms. The predicted molar refractivity (Wildman–Crippen MR) is 117 cm³/mol. The summed E-state index contributed by atoms with van der Waals surface area (Å²) >= 11 is 0. The molecule has 1 atom stereocenters. The quantitative estimate of drug-likeness (QED) is 0.571. The summed E-state index contributed by atoms with van der Waals surface area (Å²) in [6.07, 6.45) is 0.875. The first-order chi connectivity index (χ1) is 14.4. The monoisotopic (exact) mass is 412 g/mol. The summed E-state index contributed by atoms with van der Waals surface area (Å²) in [6, 6.07) is 16.2. The molecular weight excluding hydrogens is 380 g/mol. The largest absolute Gasteiger partial charge is 0.497 e. The molecule has 0 saturated carbocycles. The lowest BCUT2D eigenvalue weighted by Gasteiger charge is -2.30. The lowest BCUT2D eigenvalue weighted by molar-refractivity contribution is -0.140. The smallest absolute Gasteiger partial charge is 0.247 e. The standard InChI is InChI=1S/C24H32N2O4/c1-18(2)30-16-8-15-25-24(28)23(21-9-6-5-7-10-21)26(19(3)27)17-20-11-13-22(29-4)14-12-20/h5-7,9-14,18,23H,8,15-17H2,1-4H3,(H,25,28)/t23-/m1/s1. The van der Waals surface area contributed by atoms with Crippen molar-refractivity contribution in [2.24, 2.45) is 0 Å². The van der Waals surface area contributed by atoms with Gasteiger partial charge >= 0.3 is 0 Å². The maximum Gasteiger partial charge on any atom is 0.247 e. The summed E-state index contributed by atoms with van der Waals surface area (Å²) < 4.78 is 10.7. The molecule has 0 unspecified atom stereocenters. The molecule has 6 heteroatoms. The van der Waals surface area contributed by atoms with Crippen LogP contribution in [0.15, 0.2) is 54.6 Å². The Balaban J connectivity index is 2.17. The average molecular weight is 413 g/mol. The molecule has 0 spiro atoms. The van der Waals surface area contributed by atoms with Crippen molar-refractivity contribution in [3.05, 3.63) is 65.7 Å². The first kappa shape index (κ1) is 23.4. The van der Waals surface area contributed by atoms with Crippen molar-refractivity contribution < 1.29 is 19.1 Å². The number of hydrogen-bond donors (Lipinski definition) is 1. The summed E-state index contributed by atoms with van der Waals surface area (Å²) in [6.45, 7) is 6.84. The number of rotatable bonds is 11. The molecule has 0 saturated heterocycles. The van der Waals surface area contributed by atoms with Crippen LogP contribution < -0.4 is 10.1 Å². The van der Waals surface area contributed by atoms with Crippen LogP contribution in [-0.4, -0.2) is 43.1 Å². The van der Waals surface area contributed by atoms with E-state index < -0.39 is 6.04 Å². The maximum absolute atomic E-state index is 13.1. The van der Waals surface area contributed by atoms with Crippen LogP contribution in [-0.2, 0) is 20.9 Å². The number of methoxy groups -OCH3 is 1. The molecule has 2 aromatic rings. The Bertz CT molecular complexity index is 791. The fraction of sp³-hybridized carbons (Fsp3) is 0.417. The molecule has 0 aliphatic rings. The zero-order valence-corrected chi connectivity index (χ0v) is 18.3. The molecule has 0 aliphatic heterocycles. The number of amides is 2. The van der Waals surface area contributed by atoms with Crippen LogP contribution in [0.5, 0.6) is 5.75 Å². The normalized spacial score (nSPS) is 11.8. The van der Waals surface area contributed by atoms with Gasteiger partial charge in [0.15, 0.2) is 0 Å². The maximum atomic E-state index is 13.1. The van der Waals surface area contributed by atoms with Crippen LogP contribution >= 0.6 is 0 Å². The van der Waals surface area contributed by atoms with E-state index in [1.807, 2.05) is 68.4 Å². The minimum absolute atomic E-state index is 0.162. The van der Waals surface area contributed by atoms with E-state index >= 15 is 0 Å². The summed E-state index contributed by atoms with van der Waals surface area (Å²) in [7, 11) is 1.61. The van der Waals surface area contributed by atoms with Crippen LogP contribution in [0, 0.1) is 0 Å². The Morgan fingerprint density at radius 2 is 1.70 bits per heavy atom. The Kier molecular flexibility index (Phi) is 9.35. The Labute approximate surface area is 179 Å². The molecule has 2 rings (SSSR count). The first-order valence-electron chi connectivity index (χ1n) is 10.3. The molecule has 1 N–H and O–H groups in total. The molecular formula is C24H32N2O4. The molecule has 0 radical (unpaired) electrons. The summed E-state index contributed by atoms with van der Waals surface area (Å²) in [5.74, 6) is 0.376. The zero-order valence-electron chi connectivity index (χ0n) is 18.3. The van der Waals surface area contributed by atoms with Crippen molar-refractivity contribution in [3.8, 4) is 5.75 Å². The summed E-state index contributed by atoms with van der Waals surface area (Å²) in [4.78, 5) is 27.2. The van der Waals surface area contributed by atoms with Gasteiger partial charge in [-0.15, -0.1) is 0 Å². The van der Waals surface area contributed by atoms with Gasteiger partial charge in [0.25, 0.3) is 0 Å². The van der Waals surface area contributed by atoms with Crippen LogP contribution in [0.25, 0.3) is 0 Å². The van der Waals surface area contributed by atoms with Gasteiger partial charge in [0.1, 0.15) is 11.8 Å². The zero-order chi connectivity index (χ0) is 21.9. The lowest BCUT2D eigenvalue weighted by atomic mass is 10.0. The highest BCUT2D eigenvalue weighted by molar-refractivity contribution is 5.88. The molecule has 0 heterocycles. The van der Waals surface area contributed by atoms with Crippen LogP contribution in [0.3, 0.4) is 0 Å². The third-order valence-corrected chi connectivity index (χ3v) is 4.66. The van der Waals surface area contributed by atoms with E-state index in [4.69, 9.17) is 9.47 Å². The molecule has 0 fully saturated rings. The van der Waals surface area contributed by atoms with Crippen molar-refractivity contribution in [1.82, 2.24) is 10.2 Å². The number of carbonyl (C=O) groups is 2. The molecule has 162 valence electrons. The van der Waals surface area contributed by atoms with Gasteiger partial charge in [-0.1, -0.05) is 42.5 Å². The van der Waals surface area contributed by atoms with Gasteiger partial charge in [0, 0.05) is 26.6 Å². The van der Waals surface area contributed by atoms with Crippen LogP contribution in [0.4, 0.5) is 0 Å².